The van der Waals surface area contributed by atoms with E-state index in [0.29, 0.717) is 17.3 Å². The maximum Gasteiger partial charge on any atom is 0.242 e. The predicted octanol–water partition coefficient (Wildman–Crippen LogP) is 3.11. The lowest BCUT2D eigenvalue weighted by Crippen LogP contribution is -1.96. The Morgan fingerprint density at radius 3 is 2.42 bits per heavy atom. The van der Waals surface area contributed by atoms with Crippen LogP contribution < -0.4 is 4.74 Å². The molecule has 4 heteroatoms. The molecule has 0 N–H and O–H groups in total. The van der Waals surface area contributed by atoms with E-state index in [2.05, 4.69) is 9.98 Å². The summed E-state index contributed by atoms with van der Waals surface area (Å²) >= 11 is 0. The van der Waals surface area contributed by atoms with Crippen molar-refractivity contribution in [1.82, 2.24) is 0 Å². The van der Waals surface area contributed by atoms with Crippen molar-refractivity contribution in [3.63, 3.8) is 0 Å². The fourth-order valence-electron chi connectivity index (χ4n) is 1.62. The molecule has 2 aromatic carbocycles. The van der Waals surface area contributed by atoms with Crippen molar-refractivity contribution in [3.8, 4) is 5.75 Å². The topological polar surface area (TPSA) is 51.0 Å². The molecule has 0 spiro atoms. The number of amidine groups is 1. The van der Waals surface area contributed by atoms with Crippen LogP contribution >= 0.6 is 0 Å². The van der Waals surface area contributed by atoms with Crippen molar-refractivity contribution in [2.75, 3.05) is 7.11 Å². The molecule has 0 bridgehead atoms. The van der Waals surface area contributed by atoms with Crippen molar-refractivity contribution in [3.05, 3.63) is 60.2 Å². The third kappa shape index (κ3) is 3.15. The molecule has 0 aliphatic carbocycles. The van der Waals surface area contributed by atoms with E-state index in [9.17, 15) is 4.79 Å². The van der Waals surface area contributed by atoms with E-state index in [4.69, 9.17) is 4.74 Å². The van der Waals surface area contributed by atoms with Crippen LogP contribution in [0.25, 0.3) is 0 Å². The summed E-state index contributed by atoms with van der Waals surface area (Å²) in [4.78, 5) is 18.5. The third-order valence-corrected chi connectivity index (χ3v) is 2.50. The molecule has 0 heterocycles. The summed E-state index contributed by atoms with van der Waals surface area (Å²) in [7, 11) is 1.57. The van der Waals surface area contributed by atoms with E-state index in [1.807, 2.05) is 42.5 Å². The number of methoxy groups -OCH3 is 1. The normalized spacial score (nSPS) is 10.7. The van der Waals surface area contributed by atoms with Gasteiger partial charge in [-0.25, -0.2) is 9.79 Å². The number of ether oxygens (including phenoxy) is 1. The Labute approximate surface area is 111 Å². The van der Waals surface area contributed by atoms with Crippen LogP contribution in [-0.4, -0.2) is 19.0 Å². The van der Waals surface area contributed by atoms with Crippen molar-refractivity contribution >= 4 is 17.6 Å². The van der Waals surface area contributed by atoms with Crippen LogP contribution in [0.1, 0.15) is 5.56 Å². The minimum Gasteiger partial charge on any atom is -0.494 e. The van der Waals surface area contributed by atoms with Crippen LogP contribution in [0.3, 0.4) is 0 Å². The molecule has 0 amide bonds. The molecular formula is C15H12N2O2. The maximum atomic E-state index is 10.5. The van der Waals surface area contributed by atoms with Gasteiger partial charge in [-0.15, -0.1) is 4.99 Å². The monoisotopic (exact) mass is 252 g/mol. The average Bonchev–Trinajstić information content (AvgIpc) is 2.48. The molecule has 0 unspecified atom stereocenters. The van der Waals surface area contributed by atoms with Crippen LogP contribution in [-0.2, 0) is 4.79 Å². The zero-order valence-corrected chi connectivity index (χ0v) is 10.4. The molecule has 2 rings (SSSR count). The Morgan fingerprint density at radius 2 is 1.74 bits per heavy atom. The molecule has 2 aromatic rings. The van der Waals surface area contributed by atoms with Gasteiger partial charge in [-0.2, -0.15) is 0 Å². The van der Waals surface area contributed by atoms with E-state index in [1.165, 1.54) is 6.08 Å². The fraction of sp³-hybridized carbons (Fsp3) is 0.0667. The van der Waals surface area contributed by atoms with Gasteiger partial charge in [0, 0.05) is 5.56 Å². The van der Waals surface area contributed by atoms with Crippen LogP contribution in [0.5, 0.6) is 5.75 Å². The highest BCUT2D eigenvalue weighted by Crippen LogP contribution is 2.27. The van der Waals surface area contributed by atoms with Gasteiger partial charge in [-0.05, 0) is 12.1 Å². The standard InChI is InChI=1S/C15H12N2O2/c1-19-14-10-6-5-9-13(14)17-15(16-11-18)12-7-3-2-4-8-12/h2-10H,1H3. The lowest BCUT2D eigenvalue weighted by Gasteiger charge is -2.04. The molecule has 94 valence electrons. The highest BCUT2D eigenvalue weighted by molar-refractivity contribution is 6.03. The molecule has 0 aromatic heterocycles. The van der Waals surface area contributed by atoms with E-state index in [0.717, 1.165) is 5.56 Å². The summed E-state index contributed by atoms with van der Waals surface area (Å²) in [5.74, 6) is 0.928. The molecule has 0 saturated heterocycles. The third-order valence-electron chi connectivity index (χ3n) is 2.50. The van der Waals surface area contributed by atoms with Crippen LogP contribution in [0.4, 0.5) is 5.69 Å². The number of aliphatic imine (C=N–C) groups is 2. The highest BCUT2D eigenvalue weighted by atomic mass is 16.5. The summed E-state index contributed by atoms with van der Waals surface area (Å²) in [6, 6.07) is 16.5. The van der Waals surface area contributed by atoms with Gasteiger partial charge >= 0.3 is 0 Å². The predicted molar refractivity (Wildman–Crippen MR) is 73.8 cm³/mol. The summed E-state index contributed by atoms with van der Waals surface area (Å²) in [6.07, 6.45) is 1.53. The van der Waals surface area contributed by atoms with E-state index in [1.54, 1.807) is 19.2 Å². The Kier molecular flexibility index (Phi) is 4.21. The highest BCUT2D eigenvalue weighted by Gasteiger charge is 2.05. The van der Waals surface area contributed by atoms with Gasteiger partial charge in [0.2, 0.25) is 6.08 Å². The number of rotatable bonds is 3. The molecule has 0 atom stereocenters. The second-order valence-corrected chi connectivity index (χ2v) is 3.68. The first kappa shape index (κ1) is 12.7. The molecule has 19 heavy (non-hydrogen) atoms. The van der Waals surface area contributed by atoms with Gasteiger partial charge in [0.25, 0.3) is 0 Å². The lowest BCUT2D eigenvalue weighted by atomic mass is 10.2. The first-order chi connectivity index (χ1) is 9.35. The van der Waals surface area contributed by atoms with Gasteiger partial charge in [0.15, 0.2) is 5.84 Å². The molecule has 0 radical (unpaired) electrons. The SMILES string of the molecule is COc1ccccc1N=C(N=C=O)c1ccccc1. The van der Waals surface area contributed by atoms with Gasteiger partial charge in [0.05, 0.1) is 7.11 Å². The maximum absolute atomic E-state index is 10.5. The Bertz CT molecular complexity index is 630. The van der Waals surface area contributed by atoms with Gasteiger partial charge < -0.3 is 4.74 Å². The van der Waals surface area contributed by atoms with Crippen LogP contribution in [0, 0.1) is 0 Å². The summed E-state index contributed by atoms with van der Waals surface area (Å²) in [5.41, 5.74) is 1.36. The number of nitrogens with zero attached hydrogens (tertiary/aromatic N) is 2. The van der Waals surface area contributed by atoms with Crippen molar-refractivity contribution in [2.24, 2.45) is 9.98 Å². The Hall–Kier alpha value is -2.71. The molecule has 0 saturated carbocycles. The first-order valence-corrected chi connectivity index (χ1v) is 5.70. The summed E-state index contributed by atoms with van der Waals surface area (Å²) in [6.45, 7) is 0. The quantitative estimate of drug-likeness (QED) is 0.478. The number of para-hydroxylation sites is 2. The van der Waals surface area contributed by atoms with E-state index in [-0.39, 0.29) is 0 Å². The number of benzene rings is 2. The summed E-state index contributed by atoms with van der Waals surface area (Å²) < 4.78 is 5.21. The first-order valence-electron chi connectivity index (χ1n) is 5.70. The number of carbonyl (C=O) groups excluding carboxylic acids is 1. The number of hydrogen-bond acceptors (Lipinski definition) is 3. The second-order valence-electron chi connectivity index (χ2n) is 3.68. The summed E-state index contributed by atoms with van der Waals surface area (Å²) in [5, 5.41) is 0. The Morgan fingerprint density at radius 1 is 1.05 bits per heavy atom. The smallest absolute Gasteiger partial charge is 0.242 e. The van der Waals surface area contributed by atoms with Gasteiger partial charge in [0.1, 0.15) is 11.4 Å². The van der Waals surface area contributed by atoms with Crippen molar-refractivity contribution in [1.29, 1.82) is 0 Å². The zero-order valence-electron chi connectivity index (χ0n) is 10.4. The van der Waals surface area contributed by atoms with Crippen molar-refractivity contribution in [2.45, 2.75) is 0 Å². The molecular weight excluding hydrogens is 240 g/mol. The van der Waals surface area contributed by atoms with Gasteiger partial charge in [-0.1, -0.05) is 42.5 Å². The largest absolute Gasteiger partial charge is 0.494 e. The zero-order chi connectivity index (χ0) is 13.5. The molecule has 0 aliphatic heterocycles. The minimum absolute atomic E-state index is 0.306. The fourth-order valence-corrected chi connectivity index (χ4v) is 1.62. The number of hydrogen-bond donors (Lipinski definition) is 0. The molecule has 0 aliphatic rings. The molecule has 4 nitrogen and oxygen atoms in total. The van der Waals surface area contributed by atoms with Gasteiger partial charge in [-0.3, -0.25) is 0 Å². The number of isocyanates is 1. The lowest BCUT2D eigenvalue weighted by molar-refractivity contribution is 0.416. The van der Waals surface area contributed by atoms with E-state index >= 15 is 0 Å². The van der Waals surface area contributed by atoms with Crippen LogP contribution in [0.15, 0.2) is 64.6 Å². The minimum atomic E-state index is 0.306. The van der Waals surface area contributed by atoms with Crippen LogP contribution in [0.2, 0.25) is 0 Å². The Balaban J connectivity index is 2.50. The van der Waals surface area contributed by atoms with Crippen molar-refractivity contribution < 1.29 is 9.53 Å². The molecule has 0 fully saturated rings. The second kappa shape index (κ2) is 6.28. The van der Waals surface area contributed by atoms with E-state index < -0.39 is 0 Å². The average molecular weight is 252 g/mol.